The molecular formula is C22H19F3N2O. The van der Waals surface area contributed by atoms with Crippen LogP contribution in [0.25, 0.3) is 11.3 Å². The number of ether oxygens (including phenoxy) is 1. The van der Waals surface area contributed by atoms with Crippen molar-refractivity contribution in [3.63, 3.8) is 0 Å². The Bertz CT molecular complexity index is 940. The number of hydrogen-bond acceptors (Lipinski definition) is 3. The number of benzene rings is 2. The van der Waals surface area contributed by atoms with Gasteiger partial charge in [0.25, 0.3) is 0 Å². The fourth-order valence-electron chi connectivity index (χ4n) is 3.44. The van der Waals surface area contributed by atoms with Crippen LogP contribution in [-0.2, 0) is 19.5 Å². The minimum atomic E-state index is -4.68. The summed E-state index contributed by atoms with van der Waals surface area (Å²) in [5.74, 6) is -0.231. The second-order valence-corrected chi connectivity index (χ2v) is 6.82. The smallest absolute Gasteiger partial charge is 0.406 e. The van der Waals surface area contributed by atoms with Crippen molar-refractivity contribution in [1.82, 2.24) is 9.88 Å². The van der Waals surface area contributed by atoms with Crippen LogP contribution in [0, 0.1) is 0 Å². The first-order valence-corrected chi connectivity index (χ1v) is 9.07. The Hall–Kier alpha value is -2.86. The third kappa shape index (κ3) is 4.51. The molecule has 4 rings (SSSR count). The van der Waals surface area contributed by atoms with Gasteiger partial charge in [-0.1, -0.05) is 36.4 Å². The summed E-state index contributed by atoms with van der Waals surface area (Å²) in [6.07, 6.45) is -3.83. The molecule has 0 saturated heterocycles. The summed E-state index contributed by atoms with van der Waals surface area (Å²) in [6, 6.07) is 20.2. The average molecular weight is 384 g/mol. The summed E-state index contributed by atoms with van der Waals surface area (Å²) in [6.45, 7) is 2.68. The molecule has 0 N–H and O–H groups in total. The lowest BCUT2D eigenvalue weighted by Gasteiger charge is -2.28. The van der Waals surface area contributed by atoms with E-state index in [1.807, 2.05) is 24.3 Å². The highest BCUT2D eigenvalue weighted by molar-refractivity contribution is 5.60. The number of rotatable bonds is 4. The van der Waals surface area contributed by atoms with Crippen LogP contribution >= 0.6 is 0 Å². The van der Waals surface area contributed by atoms with E-state index in [9.17, 15) is 13.2 Å². The van der Waals surface area contributed by atoms with E-state index in [1.54, 1.807) is 12.1 Å². The monoisotopic (exact) mass is 384 g/mol. The summed E-state index contributed by atoms with van der Waals surface area (Å²) in [5, 5.41) is 0. The molecule has 0 aliphatic carbocycles. The van der Waals surface area contributed by atoms with Gasteiger partial charge in [0, 0.05) is 37.3 Å². The lowest BCUT2D eigenvalue weighted by Crippen LogP contribution is -2.30. The molecule has 144 valence electrons. The molecule has 0 bridgehead atoms. The predicted octanol–water partition coefficient (Wildman–Crippen LogP) is 5.21. The van der Waals surface area contributed by atoms with Crippen LogP contribution in [0.15, 0.2) is 66.7 Å². The molecule has 28 heavy (non-hydrogen) atoms. The van der Waals surface area contributed by atoms with Crippen molar-refractivity contribution in [1.29, 1.82) is 0 Å². The molecule has 3 nitrogen and oxygen atoms in total. The molecule has 0 radical (unpaired) electrons. The minimum absolute atomic E-state index is 0.231. The SMILES string of the molecule is FC(F)(F)Oc1ccc(-c2ccc3c(n2)CCN(Cc2ccccc2)C3)cc1. The number of fused-ring (bicyclic) bond motifs is 1. The first kappa shape index (κ1) is 18.5. The standard InChI is InChI=1S/C22H19F3N2O/c23-22(24,25)28-19-9-6-17(7-10-19)20-11-8-18-15-27(13-12-21(18)26-20)14-16-4-2-1-3-5-16/h1-11H,12-15H2. The van der Waals surface area contributed by atoms with Gasteiger partial charge in [0.2, 0.25) is 0 Å². The number of alkyl halides is 3. The van der Waals surface area contributed by atoms with Crippen molar-refractivity contribution >= 4 is 0 Å². The fourth-order valence-corrected chi connectivity index (χ4v) is 3.44. The van der Waals surface area contributed by atoms with Gasteiger partial charge in [0.1, 0.15) is 5.75 Å². The topological polar surface area (TPSA) is 25.4 Å². The van der Waals surface area contributed by atoms with Crippen molar-refractivity contribution in [3.05, 3.63) is 83.6 Å². The normalized spacial score (nSPS) is 14.5. The van der Waals surface area contributed by atoms with Gasteiger partial charge >= 0.3 is 6.36 Å². The van der Waals surface area contributed by atoms with Gasteiger partial charge in [-0.3, -0.25) is 9.88 Å². The molecular weight excluding hydrogens is 365 g/mol. The molecule has 3 aromatic rings. The van der Waals surface area contributed by atoms with Gasteiger partial charge in [0.05, 0.1) is 5.69 Å². The number of aromatic nitrogens is 1. The third-order valence-corrected chi connectivity index (χ3v) is 4.76. The van der Waals surface area contributed by atoms with Crippen molar-refractivity contribution < 1.29 is 17.9 Å². The molecule has 0 spiro atoms. The molecule has 0 fully saturated rings. The number of pyridine rings is 1. The van der Waals surface area contributed by atoms with Gasteiger partial charge < -0.3 is 4.74 Å². The van der Waals surface area contributed by atoms with E-state index in [-0.39, 0.29) is 5.75 Å². The Balaban J connectivity index is 1.46. The van der Waals surface area contributed by atoms with Crippen molar-refractivity contribution in [3.8, 4) is 17.0 Å². The van der Waals surface area contributed by atoms with Gasteiger partial charge in [-0.25, -0.2) is 0 Å². The summed E-state index contributed by atoms with van der Waals surface area (Å²) in [4.78, 5) is 7.13. The maximum atomic E-state index is 12.3. The maximum absolute atomic E-state index is 12.3. The van der Waals surface area contributed by atoms with E-state index in [0.29, 0.717) is 0 Å². The Morgan fingerprint density at radius 1 is 0.929 bits per heavy atom. The Morgan fingerprint density at radius 2 is 1.68 bits per heavy atom. The molecule has 0 saturated carbocycles. The predicted molar refractivity (Wildman–Crippen MR) is 101 cm³/mol. The molecule has 2 heterocycles. The highest BCUT2D eigenvalue weighted by Crippen LogP contribution is 2.27. The molecule has 1 aliphatic rings. The Labute approximate surface area is 161 Å². The van der Waals surface area contributed by atoms with E-state index < -0.39 is 6.36 Å². The average Bonchev–Trinajstić information content (AvgIpc) is 2.68. The van der Waals surface area contributed by atoms with Gasteiger partial charge in [-0.2, -0.15) is 0 Å². The first-order valence-electron chi connectivity index (χ1n) is 9.07. The second kappa shape index (κ2) is 7.64. The van der Waals surface area contributed by atoms with E-state index in [1.165, 1.54) is 23.3 Å². The summed E-state index contributed by atoms with van der Waals surface area (Å²) < 4.78 is 40.8. The molecule has 1 aromatic heterocycles. The largest absolute Gasteiger partial charge is 0.573 e. The van der Waals surface area contributed by atoms with Gasteiger partial charge in [0.15, 0.2) is 0 Å². The summed E-state index contributed by atoms with van der Waals surface area (Å²) >= 11 is 0. The number of halogens is 3. The lowest BCUT2D eigenvalue weighted by atomic mass is 10.0. The molecule has 0 unspecified atom stereocenters. The van der Waals surface area contributed by atoms with Crippen LogP contribution in [-0.4, -0.2) is 22.8 Å². The molecule has 2 aromatic carbocycles. The zero-order valence-electron chi connectivity index (χ0n) is 15.1. The molecule has 0 amide bonds. The van der Waals surface area contributed by atoms with Crippen molar-refractivity contribution in [2.24, 2.45) is 0 Å². The Kier molecular flexibility index (Phi) is 5.05. The quantitative estimate of drug-likeness (QED) is 0.618. The van der Waals surface area contributed by atoms with E-state index >= 15 is 0 Å². The van der Waals surface area contributed by atoms with Gasteiger partial charge in [-0.15, -0.1) is 13.2 Å². The molecule has 1 aliphatic heterocycles. The van der Waals surface area contributed by atoms with Crippen LogP contribution in [0.1, 0.15) is 16.8 Å². The summed E-state index contributed by atoms with van der Waals surface area (Å²) in [5.41, 5.74) is 5.06. The van der Waals surface area contributed by atoms with E-state index in [0.717, 1.165) is 43.0 Å². The van der Waals surface area contributed by atoms with E-state index in [2.05, 4.69) is 27.8 Å². The summed E-state index contributed by atoms with van der Waals surface area (Å²) in [7, 11) is 0. The molecule has 6 heteroatoms. The maximum Gasteiger partial charge on any atom is 0.573 e. The van der Waals surface area contributed by atoms with Crippen LogP contribution in [0.2, 0.25) is 0 Å². The first-order chi connectivity index (χ1) is 13.5. The Morgan fingerprint density at radius 3 is 2.39 bits per heavy atom. The number of hydrogen-bond donors (Lipinski definition) is 0. The van der Waals surface area contributed by atoms with E-state index in [4.69, 9.17) is 4.98 Å². The second-order valence-electron chi connectivity index (χ2n) is 6.82. The third-order valence-electron chi connectivity index (χ3n) is 4.76. The van der Waals surface area contributed by atoms with Crippen molar-refractivity contribution in [2.75, 3.05) is 6.54 Å². The van der Waals surface area contributed by atoms with Crippen LogP contribution < -0.4 is 4.74 Å². The fraction of sp³-hybridized carbons (Fsp3) is 0.227. The molecule has 0 atom stereocenters. The van der Waals surface area contributed by atoms with Crippen LogP contribution in [0.3, 0.4) is 0 Å². The highest BCUT2D eigenvalue weighted by Gasteiger charge is 2.31. The minimum Gasteiger partial charge on any atom is -0.406 e. The lowest BCUT2D eigenvalue weighted by molar-refractivity contribution is -0.274. The van der Waals surface area contributed by atoms with Gasteiger partial charge in [-0.05, 0) is 41.5 Å². The van der Waals surface area contributed by atoms with Crippen LogP contribution in [0.4, 0.5) is 13.2 Å². The van der Waals surface area contributed by atoms with Crippen molar-refractivity contribution in [2.45, 2.75) is 25.9 Å². The zero-order valence-corrected chi connectivity index (χ0v) is 15.1. The van der Waals surface area contributed by atoms with Crippen LogP contribution in [0.5, 0.6) is 5.75 Å². The highest BCUT2D eigenvalue weighted by atomic mass is 19.4. The number of nitrogens with zero attached hydrogens (tertiary/aromatic N) is 2. The zero-order chi connectivity index (χ0) is 19.6.